The summed E-state index contributed by atoms with van der Waals surface area (Å²) in [7, 11) is 0. The maximum absolute atomic E-state index is 12.0. The van der Waals surface area contributed by atoms with Crippen LogP contribution >= 0.6 is 43.2 Å². The zero-order valence-electron chi connectivity index (χ0n) is 10.4. The molecule has 0 aromatic carbocycles. The van der Waals surface area contributed by atoms with Crippen molar-refractivity contribution in [3.63, 3.8) is 0 Å². The number of hydrogen-bond acceptors (Lipinski definition) is 3. The Labute approximate surface area is 132 Å². The van der Waals surface area contributed by atoms with Crippen LogP contribution in [-0.4, -0.2) is 35.8 Å². The number of nitrogens with zero attached hydrogens (tertiary/aromatic N) is 1. The molecule has 1 aromatic rings. The van der Waals surface area contributed by atoms with Gasteiger partial charge in [0.2, 0.25) is 5.91 Å². The van der Waals surface area contributed by atoms with E-state index in [-0.39, 0.29) is 17.9 Å². The molecule has 0 spiro atoms. The normalized spacial score (nSPS) is 16.8. The number of hydrogen-bond donors (Lipinski definition) is 1. The molecular weight excluding hydrogens is 396 g/mol. The fourth-order valence-electron chi connectivity index (χ4n) is 2.03. The van der Waals surface area contributed by atoms with Gasteiger partial charge in [0.05, 0.1) is 8.66 Å². The second kappa shape index (κ2) is 6.37. The van der Waals surface area contributed by atoms with E-state index in [1.807, 2.05) is 11.8 Å². The van der Waals surface area contributed by atoms with Gasteiger partial charge in [0.25, 0.3) is 5.91 Å². The Hall–Kier alpha value is -0.400. The Morgan fingerprint density at radius 3 is 2.84 bits per heavy atom. The summed E-state index contributed by atoms with van der Waals surface area (Å²) < 4.78 is 1.78. The molecule has 4 nitrogen and oxygen atoms in total. The predicted molar refractivity (Wildman–Crippen MR) is 82.5 cm³/mol. The van der Waals surface area contributed by atoms with Crippen LogP contribution in [0.15, 0.2) is 14.3 Å². The van der Waals surface area contributed by atoms with Gasteiger partial charge in [-0.25, -0.2) is 0 Å². The van der Waals surface area contributed by atoms with Gasteiger partial charge < -0.3 is 10.2 Å². The van der Waals surface area contributed by atoms with Crippen LogP contribution in [0.3, 0.4) is 0 Å². The van der Waals surface area contributed by atoms with Crippen LogP contribution in [0.1, 0.15) is 29.4 Å². The Morgan fingerprint density at radius 2 is 2.32 bits per heavy atom. The summed E-state index contributed by atoms with van der Waals surface area (Å²) >= 11 is 8.11. The molecule has 0 bridgehead atoms. The first-order valence-electron chi connectivity index (χ1n) is 6.01. The van der Waals surface area contributed by atoms with Crippen LogP contribution in [0.5, 0.6) is 0 Å². The minimum Gasteiger partial charge on any atom is -0.347 e. The highest BCUT2D eigenvalue weighted by molar-refractivity contribution is 9.13. The van der Waals surface area contributed by atoms with Crippen molar-refractivity contribution in [3.8, 4) is 0 Å². The van der Waals surface area contributed by atoms with Gasteiger partial charge in [-0.05, 0) is 51.3 Å². The van der Waals surface area contributed by atoms with Crippen LogP contribution < -0.4 is 5.32 Å². The van der Waals surface area contributed by atoms with Crippen molar-refractivity contribution >= 4 is 55.0 Å². The Kier molecular flexibility index (Phi) is 5.03. The van der Waals surface area contributed by atoms with Gasteiger partial charge in [-0.2, -0.15) is 0 Å². The Balaban J connectivity index is 1.89. The summed E-state index contributed by atoms with van der Waals surface area (Å²) in [4.78, 5) is 26.0. The molecule has 2 amide bonds. The SMILES string of the molecule is CC(CN1CCCC1=O)NC(=O)c1cc(Br)c(Br)s1. The number of rotatable bonds is 4. The number of nitrogens with one attached hydrogen (secondary N) is 1. The molecular formula is C12H14Br2N2O2S. The molecule has 1 aliphatic heterocycles. The lowest BCUT2D eigenvalue weighted by Gasteiger charge is -2.21. The molecule has 1 saturated heterocycles. The highest BCUT2D eigenvalue weighted by Gasteiger charge is 2.23. The van der Waals surface area contributed by atoms with E-state index in [0.29, 0.717) is 17.8 Å². The van der Waals surface area contributed by atoms with E-state index in [2.05, 4.69) is 37.2 Å². The van der Waals surface area contributed by atoms with E-state index >= 15 is 0 Å². The van der Waals surface area contributed by atoms with Crippen molar-refractivity contribution in [2.75, 3.05) is 13.1 Å². The lowest BCUT2D eigenvalue weighted by Crippen LogP contribution is -2.42. The summed E-state index contributed by atoms with van der Waals surface area (Å²) in [6.45, 7) is 3.30. The second-order valence-electron chi connectivity index (χ2n) is 4.55. The maximum atomic E-state index is 12.0. The van der Waals surface area contributed by atoms with Gasteiger partial charge in [-0.15, -0.1) is 11.3 Å². The maximum Gasteiger partial charge on any atom is 0.261 e. The van der Waals surface area contributed by atoms with E-state index in [1.54, 1.807) is 6.07 Å². The minimum absolute atomic E-state index is 0.0470. The first kappa shape index (κ1) is 15.0. The van der Waals surface area contributed by atoms with Crippen molar-refractivity contribution in [1.29, 1.82) is 0 Å². The third-order valence-corrected chi connectivity index (χ3v) is 6.17. The topological polar surface area (TPSA) is 49.4 Å². The molecule has 0 saturated carbocycles. The summed E-state index contributed by atoms with van der Waals surface area (Å²) in [6, 6.07) is 1.74. The van der Waals surface area contributed by atoms with Crippen LogP contribution in [-0.2, 0) is 4.79 Å². The lowest BCUT2D eigenvalue weighted by molar-refractivity contribution is -0.127. The van der Waals surface area contributed by atoms with Crippen LogP contribution in [0.25, 0.3) is 0 Å². The van der Waals surface area contributed by atoms with Gasteiger partial charge in [0.15, 0.2) is 0 Å². The molecule has 2 heterocycles. The number of carbonyl (C=O) groups excluding carboxylic acids is 2. The van der Waals surface area contributed by atoms with Crippen molar-refractivity contribution < 1.29 is 9.59 Å². The number of amides is 2. The largest absolute Gasteiger partial charge is 0.347 e. The molecule has 1 N–H and O–H groups in total. The molecule has 1 fully saturated rings. The number of halogens is 2. The number of likely N-dealkylation sites (tertiary alicyclic amines) is 1. The fraction of sp³-hybridized carbons (Fsp3) is 0.500. The average molecular weight is 410 g/mol. The molecule has 104 valence electrons. The molecule has 1 atom stereocenters. The Morgan fingerprint density at radius 1 is 1.58 bits per heavy atom. The van der Waals surface area contributed by atoms with Crippen LogP contribution in [0, 0.1) is 0 Å². The highest BCUT2D eigenvalue weighted by Crippen LogP contribution is 2.32. The third-order valence-electron chi connectivity index (χ3n) is 2.91. The van der Waals surface area contributed by atoms with Crippen LogP contribution in [0.2, 0.25) is 0 Å². The first-order chi connectivity index (χ1) is 8.97. The molecule has 1 aliphatic rings. The zero-order valence-corrected chi connectivity index (χ0v) is 14.4. The highest BCUT2D eigenvalue weighted by atomic mass is 79.9. The van der Waals surface area contributed by atoms with Crippen molar-refractivity contribution in [3.05, 3.63) is 19.2 Å². The smallest absolute Gasteiger partial charge is 0.261 e. The summed E-state index contributed by atoms with van der Waals surface area (Å²) in [5, 5.41) is 2.92. The van der Waals surface area contributed by atoms with E-state index in [1.165, 1.54) is 11.3 Å². The monoisotopic (exact) mass is 408 g/mol. The molecule has 1 unspecified atom stereocenters. The Bertz CT molecular complexity index is 484. The number of thiophene rings is 1. The summed E-state index contributed by atoms with van der Waals surface area (Å²) in [5.74, 6) is 0.0817. The van der Waals surface area contributed by atoms with Gasteiger partial charge in [0.1, 0.15) is 0 Å². The molecule has 1 aromatic heterocycles. The van der Waals surface area contributed by atoms with E-state index < -0.39 is 0 Å². The van der Waals surface area contributed by atoms with E-state index in [4.69, 9.17) is 0 Å². The van der Waals surface area contributed by atoms with Crippen molar-refractivity contribution in [2.45, 2.75) is 25.8 Å². The number of carbonyl (C=O) groups is 2. The predicted octanol–water partition coefficient (Wildman–Crippen LogP) is 3.01. The molecule has 0 radical (unpaired) electrons. The van der Waals surface area contributed by atoms with Gasteiger partial charge >= 0.3 is 0 Å². The van der Waals surface area contributed by atoms with Gasteiger partial charge in [0, 0.05) is 30.0 Å². The third kappa shape index (κ3) is 3.79. The van der Waals surface area contributed by atoms with Gasteiger partial charge in [-0.1, -0.05) is 0 Å². The minimum atomic E-state index is -0.101. The molecule has 19 heavy (non-hydrogen) atoms. The summed E-state index contributed by atoms with van der Waals surface area (Å²) in [5.41, 5.74) is 0. The van der Waals surface area contributed by atoms with E-state index in [0.717, 1.165) is 21.2 Å². The van der Waals surface area contributed by atoms with Gasteiger partial charge in [-0.3, -0.25) is 9.59 Å². The summed E-state index contributed by atoms with van der Waals surface area (Å²) in [6.07, 6.45) is 1.55. The molecule has 7 heteroatoms. The molecule has 0 aliphatic carbocycles. The fourth-order valence-corrected chi connectivity index (χ4v) is 3.97. The second-order valence-corrected chi connectivity index (χ2v) is 7.77. The quantitative estimate of drug-likeness (QED) is 0.830. The lowest BCUT2D eigenvalue weighted by atomic mass is 10.3. The van der Waals surface area contributed by atoms with Crippen molar-refractivity contribution in [1.82, 2.24) is 10.2 Å². The zero-order chi connectivity index (χ0) is 14.0. The standard InChI is InChI=1S/C12H14Br2N2O2S/c1-7(6-16-4-2-3-10(16)17)15-12(18)9-5-8(13)11(14)19-9/h5,7H,2-4,6H2,1H3,(H,15,18). The average Bonchev–Trinajstić information content (AvgIpc) is 2.87. The first-order valence-corrected chi connectivity index (χ1v) is 8.41. The molecule has 2 rings (SSSR count). The van der Waals surface area contributed by atoms with Crippen molar-refractivity contribution in [2.24, 2.45) is 0 Å². The van der Waals surface area contributed by atoms with Crippen LogP contribution in [0.4, 0.5) is 0 Å². The van der Waals surface area contributed by atoms with E-state index in [9.17, 15) is 9.59 Å².